The van der Waals surface area contributed by atoms with Gasteiger partial charge in [-0.25, -0.2) is 27.5 Å². The standard InChI is InChI=1S/C23H29F4N5O/c24-22(25)6-3-14(4-7-22)19(28)17-12-32-8-5-16(29-21(32)30-17)20(15-1-2-15)31-18(33)9-13-10-23(26,27)11-13/h5,8,12-15,19-20H,1-4,6-7,9-11,28H2,(H,31,33)/t19-,20-/m0/s1. The van der Waals surface area contributed by atoms with Crippen LogP contribution < -0.4 is 11.1 Å². The molecule has 0 spiro atoms. The predicted octanol–water partition coefficient (Wildman–Crippen LogP) is 4.56. The average molecular weight is 468 g/mol. The summed E-state index contributed by atoms with van der Waals surface area (Å²) in [6.07, 6.45) is 5.60. The van der Waals surface area contributed by atoms with Crippen LogP contribution in [0.1, 0.15) is 81.3 Å². The number of nitrogens with zero attached hydrogens (tertiary/aromatic N) is 3. The van der Waals surface area contributed by atoms with E-state index in [9.17, 15) is 22.4 Å². The van der Waals surface area contributed by atoms with E-state index in [-0.39, 0.29) is 61.8 Å². The lowest BCUT2D eigenvalue weighted by atomic mass is 9.79. The van der Waals surface area contributed by atoms with Crippen LogP contribution in [0, 0.1) is 17.8 Å². The van der Waals surface area contributed by atoms with Crippen LogP contribution in [0.3, 0.4) is 0 Å². The highest BCUT2D eigenvalue weighted by Crippen LogP contribution is 2.45. The summed E-state index contributed by atoms with van der Waals surface area (Å²) in [6.45, 7) is 0. The molecule has 0 unspecified atom stereocenters. The van der Waals surface area contributed by atoms with Gasteiger partial charge in [-0.1, -0.05) is 0 Å². The average Bonchev–Trinajstić information content (AvgIpc) is 3.48. The smallest absolute Gasteiger partial charge is 0.248 e. The number of hydrogen-bond acceptors (Lipinski definition) is 4. The molecule has 180 valence electrons. The van der Waals surface area contributed by atoms with Crippen molar-refractivity contribution in [1.29, 1.82) is 0 Å². The van der Waals surface area contributed by atoms with Gasteiger partial charge in [-0.05, 0) is 49.5 Å². The molecule has 3 aliphatic carbocycles. The SMILES string of the molecule is N[C@H](c1cn2ccc([C@@H](NC(=O)CC3CC(F)(F)C3)C3CC3)nc2n1)C1CCC(F)(F)CC1. The van der Waals surface area contributed by atoms with Gasteiger partial charge in [0.1, 0.15) is 0 Å². The van der Waals surface area contributed by atoms with Crippen LogP contribution in [-0.4, -0.2) is 32.1 Å². The normalized spacial score (nSPS) is 24.9. The maximum atomic E-state index is 13.5. The van der Waals surface area contributed by atoms with Crippen LogP contribution in [0.25, 0.3) is 5.78 Å². The van der Waals surface area contributed by atoms with Gasteiger partial charge in [0, 0.05) is 44.5 Å². The number of carbonyl (C=O) groups excluding carboxylic acids is 1. The number of amides is 1. The Hall–Kier alpha value is -2.23. The Morgan fingerprint density at radius 2 is 1.73 bits per heavy atom. The molecule has 6 nitrogen and oxygen atoms in total. The van der Waals surface area contributed by atoms with E-state index in [1.54, 1.807) is 10.6 Å². The summed E-state index contributed by atoms with van der Waals surface area (Å²) < 4.78 is 54.9. The van der Waals surface area contributed by atoms with E-state index in [0.717, 1.165) is 12.8 Å². The molecule has 0 bridgehead atoms. The van der Waals surface area contributed by atoms with Gasteiger partial charge in [-0.15, -0.1) is 0 Å². The zero-order chi connectivity index (χ0) is 23.4. The lowest BCUT2D eigenvalue weighted by Crippen LogP contribution is -2.39. The van der Waals surface area contributed by atoms with Gasteiger partial charge in [0.15, 0.2) is 0 Å². The fourth-order valence-corrected chi connectivity index (χ4v) is 5.19. The van der Waals surface area contributed by atoms with Crippen LogP contribution in [0.2, 0.25) is 0 Å². The van der Waals surface area contributed by atoms with Crippen molar-refractivity contribution in [1.82, 2.24) is 19.7 Å². The van der Waals surface area contributed by atoms with Crippen molar-refractivity contribution in [3.63, 3.8) is 0 Å². The first-order valence-electron chi connectivity index (χ1n) is 11.7. The molecule has 0 saturated heterocycles. The Bertz CT molecular complexity index is 1020. The number of hydrogen-bond donors (Lipinski definition) is 2. The van der Waals surface area contributed by atoms with Gasteiger partial charge >= 0.3 is 0 Å². The Labute approximate surface area is 189 Å². The second-order valence-corrected chi connectivity index (χ2v) is 10.2. The number of halogens is 4. The second kappa shape index (κ2) is 8.21. The van der Waals surface area contributed by atoms with E-state index >= 15 is 0 Å². The predicted molar refractivity (Wildman–Crippen MR) is 113 cm³/mol. The quantitative estimate of drug-likeness (QED) is 0.585. The maximum absolute atomic E-state index is 13.5. The summed E-state index contributed by atoms with van der Waals surface area (Å²) in [4.78, 5) is 21.7. The van der Waals surface area contributed by atoms with Gasteiger partial charge in [0.2, 0.25) is 23.5 Å². The molecule has 3 aliphatic rings. The van der Waals surface area contributed by atoms with E-state index < -0.39 is 17.9 Å². The van der Waals surface area contributed by atoms with Crippen LogP contribution in [0.5, 0.6) is 0 Å². The highest BCUT2D eigenvalue weighted by atomic mass is 19.3. The summed E-state index contributed by atoms with van der Waals surface area (Å²) in [5, 5.41) is 3.00. The van der Waals surface area contributed by atoms with E-state index in [4.69, 9.17) is 5.73 Å². The second-order valence-electron chi connectivity index (χ2n) is 10.2. The lowest BCUT2D eigenvalue weighted by molar-refractivity contribution is -0.134. The van der Waals surface area contributed by atoms with E-state index in [1.165, 1.54) is 0 Å². The highest BCUT2D eigenvalue weighted by molar-refractivity contribution is 5.77. The third-order valence-corrected chi connectivity index (χ3v) is 7.35. The molecule has 2 aromatic rings. The summed E-state index contributed by atoms with van der Waals surface area (Å²) in [5.41, 5.74) is 7.67. The van der Waals surface area contributed by atoms with Gasteiger partial charge in [-0.3, -0.25) is 9.20 Å². The van der Waals surface area contributed by atoms with E-state index in [2.05, 4.69) is 15.3 Å². The molecular formula is C23H29F4N5O. The summed E-state index contributed by atoms with van der Waals surface area (Å²) >= 11 is 0. The first-order chi connectivity index (χ1) is 15.6. The van der Waals surface area contributed by atoms with Gasteiger partial charge in [0.05, 0.1) is 23.5 Å². The minimum Gasteiger partial charge on any atom is -0.347 e. The number of nitrogens with two attached hydrogens (primary N) is 1. The molecule has 1 amide bonds. The Kier molecular flexibility index (Phi) is 5.61. The van der Waals surface area contributed by atoms with Crippen LogP contribution in [-0.2, 0) is 4.79 Å². The van der Waals surface area contributed by atoms with Crippen molar-refractivity contribution in [2.75, 3.05) is 0 Å². The van der Waals surface area contributed by atoms with Gasteiger partial charge < -0.3 is 11.1 Å². The number of carbonyl (C=O) groups is 1. The minimum absolute atomic E-state index is 0.0496. The van der Waals surface area contributed by atoms with Crippen LogP contribution in [0.15, 0.2) is 18.5 Å². The van der Waals surface area contributed by atoms with Crippen LogP contribution in [0.4, 0.5) is 17.6 Å². The Morgan fingerprint density at radius 1 is 1.06 bits per heavy atom. The van der Waals surface area contributed by atoms with Gasteiger partial charge in [0.25, 0.3) is 0 Å². The minimum atomic E-state index is -2.63. The topological polar surface area (TPSA) is 85.3 Å². The first-order valence-corrected chi connectivity index (χ1v) is 11.7. The molecule has 2 aromatic heterocycles. The summed E-state index contributed by atoms with van der Waals surface area (Å²) in [7, 11) is 0. The molecule has 5 rings (SSSR count). The number of alkyl halides is 4. The van der Waals surface area contributed by atoms with Crippen molar-refractivity contribution >= 4 is 11.7 Å². The molecule has 0 radical (unpaired) electrons. The molecule has 33 heavy (non-hydrogen) atoms. The monoisotopic (exact) mass is 467 g/mol. The number of imidazole rings is 1. The van der Waals surface area contributed by atoms with Crippen molar-refractivity contribution in [2.24, 2.45) is 23.5 Å². The number of aromatic nitrogens is 3. The molecule has 0 aromatic carbocycles. The lowest BCUT2D eigenvalue weighted by Gasteiger charge is -2.34. The maximum Gasteiger partial charge on any atom is 0.248 e. The van der Waals surface area contributed by atoms with Crippen LogP contribution >= 0.6 is 0 Å². The van der Waals surface area contributed by atoms with E-state index in [1.807, 2.05) is 12.3 Å². The fourth-order valence-electron chi connectivity index (χ4n) is 5.19. The third-order valence-electron chi connectivity index (χ3n) is 7.35. The Morgan fingerprint density at radius 3 is 2.36 bits per heavy atom. The molecular weight excluding hydrogens is 438 g/mol. The molecule has 3 fully saturated rings. The molecule has 2 heterocycles. The number of nitrogens with one attached hydrogen (secondary N) is 1. The zero-order valence-electron chi connectivity index (χ0n) is 18.3. The fraction of sp³-hybridized carbons (Fsp3) is 0.696. The zero-order valence-corrected chi connectivity index (χ0v) is 18.3. The molecule has 3 N–H and O–H groups in total. The summed E-state index contributed by atoms with van der Waals surface area (Å²) in [6, 6.07) is 1.11. The number of fused-ring (bicyclic) bond motifs is 1. The molecule has 2 atom stereocenters. The Balaban J connectivity index is 1.27. The van der Waals surface area contributed by atoms with Crippen molar-refractivity contribution in [3.8, 4) is 0 Å². The molecule has 10 heteroatoms. The first kappa shape index (κ1) is 22.6. The largest absolute Gasteiger partial charge is 0.347 e. The number of rotatable bonds is 7. The van der Waals surface area contributed by atoms with Crippen molar-refractivity contribution < 1.29 is 22.4 Å². The highest BCUT2D eigenvalue weighted by Gasteiger charge is 2.46. The molecule has 0 aliphatic heterocycles. The molecule has 3 saturated carbocycles. The third kappa shape index (κ3) is 5.00. The summed E-state index contributed by atoms with van der Waals surface area (Å²) in [5.74, 6) is -5.07. The van der Waals surface area contributed by atoms with E-state index in [0.29, 0.717) is 30.0 Å². The van der Waals surface area contributed by atoms with Crippen molar-refractivity contribution in [3.05, 3.63) is 29.8 Å². The van der Waals surface area contributed by atoms with Gasteiger partial charge in [-0.2, -0.15) is 0 Å². The van der Waals surface area contributed by atoms with Crippen molar-refractivity contribution in [2.45, 2.75) is 81.7 Å².